The quantitative estimate of drug-likeness (QED) is 0.791. The molecular formula is C15H20N2O3. The van der Waals surface area contributed by atoms with Crippen LogP contribution in [0.25, 0.3) is 0 Å². The number of urea groups is 1. The van der Waals surface area contributed by atoms with E-state index in [4.69, 9.17) is 0 Å². The number of carbonyl (C=O) groups is 2. The van der Waals surface area contributed by atoms with Crippen LogP contribution in [0.2, 0.25) is 0 Å². The van der Waals surface area contributed by atoms with Gasteiger partial charge in [0.2, 0.25) is 0 Å². The number of anilines is 1. The van der Waals surface area contributed by atoms with Gasteiger partial charge in [-0.25, -0.2) is 9.59 Å². The Morgan fingerprint density at radius 1 is 1.35 bits per heavy atom. The van der Waals surface area contributed by atoms with Crippen molar-refractivity contribution in [3.63, 3.8) is 0 Å². The lowest BCUT2D eigenvalue weighted by molar-refractivity contribution is -0.148. The van der Waals surface area contributed by atoms with Crippen LogP contribution in [-0.2, 0) is 11.2 Å². The van der Waals surface area contributed by atoms with Crippen LogP contribution < -0.4 is 10.6 Å². The van der Waals surface area contributed by atoms with E-state index in [0.29, 0.717) is 12.8 Å². The highest BCUT2D eigenvalue weighted by atomic mass is 16.4. The van der Waals surface area contributed by atoms with Crippen molar-refractivity contribution in [3.8, 4) is 0 Å². The second kappa shape index (κ2) is 5.53. The highest BCUT2D eigenvalue weighted by molar-refractivity contribution is 5.95. The predicted octanol–water partition coefficient (Wildman–Crippen LogP) is 2.69. The molecule has 5 nitrogen and oxygen atoms in total. The number of aliphatic carboxylic acids is 1. The first-order chi connectivity index (χ1) is 9.48. The maximum Gasteiger partial charge on any atom is 0.329 e. The van der Waals surface area contributed by atoms with E-state index in [9.17, 15) is 14.7 Å². The van der Waals surface area contributed by atoms with E-state index < -0.39 is 17.5 Å². The van der Waals surface area contributed by atoms with Gasteiger partial charge in [0.1, 0.15) is 5.54 Å². The zero-order valence-corrected chi connectivity index (χ0v) is 11.8. The number of nitrogens with one attached hydrogen (secondary N) is 2. The molecule has 3 N–H and O–H groups in total. The second-order valence-electron chi connectivity index (χ2n) is 5.28. The van der Waals surface area contributed by atoms with E-state index in [1.165, 1.54) is 0 Å². The van der Waals surface area contributed by atoms with Crippen molar-refractivity contribution in [3.05, 3.63) is 29.3 Å². The monoisotopic (exact) mass is 276 g/mol. The number of aryl methyl sites for hydroxylation is 2. The van der Waals surface area contributed by atoms with Crippen molar-refractivity contribution < 1.29 is 14.7 Å². The van der Waals surface area contributed by atoms with E-state index in [0.717, 1.165) is 29.7 Å². The van der Waals surface area contributed by atoms with Crippen LogP contribution in [-0.4, -0.2) is 22.6 Å². The van der Waals surface area contributed by atoms with Crippen molar-refractivity contribution >= 4 is 17.7 Å². The number of hydrogen-bond donors (Lipinski definition) is 3. The summed E-state index contributed by atoms with van der Waals surface area (Å²) in [5.41, 5.74) is 1.70. The van der Waals surface area contributed by atoms with Crippen LogP contribution in [0.5, 0.6) is 0 Å². The lowest BCUT2D eigenvalue weighted by Gasteiger charge is -2.38. The fourth-order valence-electron chi connectivity index (χ4n) is 2.49. The van der Waals surface area contributed by atoms with E-state index in [1.54, 1.807) is 0 Å². The van der Waals surface area contributed by atoms with Gasteiger partial charge in [-0.2, -0.15) is 0 Å². The molecule has 0 aromatic heterocycles. The van der Waals surface area contributed by atoms with Crippen molar-refractivity contribution in [2.75, 3.05) is 5.32 Å². The molecule has 0 unspecified atom stereocenters. The molecule has 5 heteroatoms. The topological polar surface area (TPSA) is 78.4 Å². The van der Waals surface area contributed by atoms with Gasteiger partial charge in [-0.1, -0.05) is 25.1 Å². The summed E-state index contributed by atoms with van der Waals surface area (Å²) in [5.74, 6) is -0.959. The molecule has 1 aliphatic rings. The van der Waals surface area contributed by atoms with Gasteiger partial charge in [-0.3, -0.25) is 0 Å². The number of amides is 2. The lowest BCUT2D eigenvalue weighted by atomic mass is 9.77. The fourth-order valence-corrected chi connectivity index (χ4v) is 2.49. The predicted molar refractivity (Wildman–Crippen MR) is 76.9 cm³/mol. The average Bonchev–Trinajstić information content (AvgIpc) is 2.35. The molecule has 2 rings (SSSR count). The third-order valence-electron chi connectivity index (χ3n) is 3.95. The average molecular weight is 276 g/mol. The van der Waals surface area contributed by atoms with Gasteiger partial charge in [0, 0.05) is 5.69 Å². The molecule has 0 aliphatic heterocycles. The van der Waals surface area contributed by atoms with Gasteiger partial charge in [-0.15, -0.1) is 0 Å². The van der Waals surface area contributed by atoms with E-state index in [2.05, 4.69) is 10.6 Å². The summed E-state index contributed by atoms with van der Waals surface area (Å²) < 4.78 is 0. The summed E-state index contributed by atoms with van der Waals surface area (Å²) in [6.45, 7) is 3.94. The van der Waals surface area contributed by atoms with Crippen LogP contribution >= 0.6 is 0 Å². The standard InChI is InChI=1S/C15H20N2O3/c1-3-11-7-4-6-10(2)12(11)16-14(20)17-15(13(18)19)8-5-9-15/h4,6-7H,3,5,8-9H2,1-2H3,(H,18,19)(H2,16,17,20). The van der Waals surface area contributed by atoms with E-state index >= 15 is 0 Å². The zero-order valence-electron chi connectivity index (χ0n) is 11.8. The van der Waals surface area contributed by atoms with Gasteiger partial charge in [0.25, 0.3) is 0 Å². The van der Waals surface area contributed by atoms with E-state index in [-0.39, 0.29) is 0 Å². The maximum atomic E-state index is 12.1. The van der Waals surface area contributed by atoms with Gasteiger partial charge >= 0.3 is 12.0 Å². The number of rotatable bonds is 4. The van der Waals surface area contributed by atoms with Crippen LogP contribution in [0.15, 0.2) is 18.2 Å². The molecule has 0 saturated heterocycles. The summed E-state index contributed by atoms with van der Waals surface area (Å²) in [6, 6.07) is 5.38. The first-order valence-corrected chi connectivity index (χ1v) is 6.89. The molecule has 20 heavy (non-hydrogen) atoms. The Balaban J connectivity index is 2.11. The third-order valence-corrected chi connectivity index (χ3v) is 3.95. The molecule has 1 aliphatic carbocycles. The fraction of sp³-hybridized carbons (Fsp3) is 0.467. The molecule has 0 bridgehead atoms. The van der Waals surface area contributed by atoms with Crippen molar-refractivity contribution in [1.29, 1.82) is 0 Å². The van der Waals surface area contributed by atoms with Crippen molar-refractivity contribution in [2.45, 2.75) is 45.1 Å². The smallest absolute Gasteiger partial charge is 0.329 e. The second-order valence-corrected chi connectivity index (χ2v) is 5.28. The number of para-hydroxylation sites is 1. The number of carboxylic acids is 1. The molecule has 0 atom stereocenters. The summed E-state index contributed by atoms with van der Waals surface area (Å²) in [7, 11) is 0. The van der Waals surface area contributed by atoms with Crippen molar-refractivity contribution in [2.24, 2.45) is 0 Å². The minimum absolute atomic E-state index is 0.448. The molecule has 108 valence electrons. The molecular weight excluding hydrogens is 256 g/mol. The Kier molecular flexibility index (Phi) is 3.97. The van der Waals surface area contributed by atoms with Crippen LogP contribution in [0.3, 0.4) is 0 Å². The molecule has 0 heterocycles. The number of carboxylic acid groups (broad SMARTS) is 1. The SMILES string of the molecule is CCc1cccc(C)c1NC(=O)NC1(C(=O)O)CCC1. The first kappa shape index (κ1) is 14.4. The molecule has 2 amide bonds. The van der Waals surface area contributed by atoms with Crippen LogP contribution in [0.4, 0.5) is 10.5 Å². The summed E-state index contributed by atoms with van der Waals surface area (Å²) in [5, 5.41) is 14.6. The molecule has 0 spiro atoms. The number of benzene rings is 1. The highest BCUT2D eigenvalue weighted by Crippen LogP contribution is 2.32. The van der Waals surface area contributed by atoms with Crippen molar-refractivity contribution in [1.82, 2.24) is 5.32 Å². The Morgan fingerprint density at radius 2 is 2.05 bits per heavy atom. The molecule has 1 aromatic rings. The highest BCUT2D eigenvalue weighted by Gasteiger charge is 2.45. The molecule has 1 fully saturated rings. The minimum Gasteiger partial charge on any atom is -0.480 e. The van der Waals surface area contributed by atoms with Crippen LogP contribution in [0, 0.1) is 6.92 Å². The maximum absolute atomic E-state index is 12.1. The van der Waals surface area contributed by atoms with Gasteiger partial charge in [-0.05, 0) is 43.7 Å². The summed E-state index contributed by atoms with van der Waals surface area (Å²) >= 11 is 0. The van der Waals surface area contributed by atoms with Crippen LogP contribution in [0.1, 0.15) is 37.3 Å². The Morgan fingerprint density at radius 3 is 2.55 bits per heavy atom. The number of hydrogen-bond acceptors (Lipinski definition) is 2. The Bertz CT molecular complexity index is 536. The Hall–Kier alpha value is -2.04. The molecule has 1 aromatic carbocycles. The minimum atomic E-state index is -1.08. The molecule has 1 saturated carbocycles. The first-order valence-electron chi connectivity index (χ1n) is 6.89. The van der Waals surface area contributed by atoms with Gasteiger partial charge in [0.15, 0.2) is 0 Å². The summed E-state index contributed by atoms with van der Waals surface area (Å²) in [4.78, 5) is 23.3. The zero-order chi connectivity index (χ0) is 14.8. The number of carbonyl (C=O) groups excluding carboxylic acids is 1. The van der Waals surface area contributed by atoms with Gasteiger partial charge in [0.05, 0.1) is 0 Å². The lowest BCUT2D eigenvalue weighted by Crippen LogP contribution is -2.60. The summed E-state index contributed by atoms with van der Waals surface area (Å²) in [6.07, 6.45) is 2.62. The molecule has 0 radical (unpaired) electrons. The Labute approximate surface area is 118 Å². The van der Waals surface area contributed by atoms with E-state index in [1.807, 2.05) is 32.0 Å². The third kappa shape index (κ3) is 2.61. The largest absolute Gasteiger partial charge is 0.480 e. The normalized spacial score (nSPS) is 16.1. The van der Waals surface area contributed by atoms with Gasteiger partial charge < -0.3 is 15.7 Å².